The summed E-state index contributed by atoms with van der Waals surface area (Å²) in [4.78, 5) is 15.9. The lowest BCUT2D eigenvalue weighted by atomic mass is 10.1. The van der Waals surface area contributed by atoms with E-state index in [9.17, 15) is 4.79 Å². The average Bonchev–Trinajstić information content (AvgIpc) is 2.35. The second-order valence-electron chi connectivity index (χ2n) is 4.14. The first-order valence-corrected chi connectivity index (χ1v) is 5.71. The second-order valence-corrected chi connectivity index (χ2v) is 4.14. The first kappa shape index (κ1) is 12.1. The molecule has 0 spiro atoms. The molecule has 1 heterocycles. The molecular weight excluding hydrogens is 226 g/mol. The highest BCUT2D eigenvalue weighted by Crippen LogP contribution is 2.13. The molecule has 0 fully saturated rings. The molecule has 1 aromatic carbocycles. The van der Waals surface area contributed by atoms with Gasteiger partial charge in [0.05, 0.1) is 18.3 Å². The quantitative estimate of drug-likeness (QED) is 0.865. The van der Waals surface area contributed by atoms with E-state index < -0.39 is 0 Å². The number of nitrogens with zero attached hydrogens (tertiary/aromatic N) is 1. The third-order valence-electron chi connectivity index (χ3n) is 2.63. The molecule has 3 N–H and O–H groups in total. The summed E-state index contributed by atoms with van der Waals surface area (Å²) < 4.78 is 0. The van der Waals surface area contributed by atoms with Gasteiger partial charge in [-0.05, 0) is 24.1 Å². The maximum Gasteiger partial charge on any atom is 0.229 e. The normalized spacial score (nSPS) is 10.1. The Balaban J connectivity index is 2.01. The molecule has 0 saturated carbocycles. The standard InChI is InChI=1S/C14H15N3O/c1-10-7-13(16-9-12(10)15)17-14(18)8-11-5-3-2-4-6-11/h2-7,9H,8,15H2,1H3,(H,16,17,18). The monoisotopic (exact) mass is 241 g/mol. The van der Waals surface area contributed by atoms with Gasteiger partial charge in [-0.2, -0.15) is 0 Å². The smallest absolute Gasteiger partial charge is 0.229 e. The Morgan fingerprint density at radius 1 is 1.33 bits per heavy atom. The fourth-order valence-electron chi connectivity index (χ4n) is 1.60. The van der Waals surface area contributed by atoms with Gasteiger partial charge in [-0.3, -0.25) is 4.79 Å². The van der Waals surface area contributed by atoms with E-state index in [-0.39, 0.29) is 5.91 Å². The largest absolute Gasteiger partial charge is 0.397 e. The van der Waals surface area contributed by atoms with Gasteiger partial charge in [0.2, 0.25) is 5.91 Å². The van der Waals surface area contributed by atoms with Gasteiger partial charge in [-0.15, -0.1) is 0 Å². The predicted octanol–water partition coefficient (Wildman–Crippen LogP) is 2.15. The number of amides is 1. The molecule has 1 aromatic heterocycles. The van der Waals surface area contributed by atoms with Crippen LogP contribution in [0.4, 0.5) is 11.5 Å². The van der Waals surface area contributed by atoms with Gasteiger partial charge in [0.1, 0.15) is 5.82 Å². The summed E-state index contributed by atoms with van der Waals surface area (Å²) >= 11 is 0. The van der Waals surface area contributed by atoms with Crippen LogP contribution < -0.4 is 11.1 Å². The molecule has 0 aliphatic heterocycles. The first-order valence-electron chi connectivity index (χ1n) is 5.71. The van der Waals surface area contributed by atoms with Crippen molar-refractivity contribution in [2.75, 3.05) is 11.1 Å². The Bertz CT molecular complexity index is 552. The molecule has 0 bridgehead atoms. The minimum absolute atomic E-state index is 0.0853. The number of anilines is 2. The van der Waals surface area contributed by atoms with Gasteiger partial charge >= 0.3 is 0 Å². The van der Waals surface area contributed by atoms with Gasteiger partial charge in [-0.1, -0.05) is 30.3 Å². The maximum absolute atomic E-state index is 11.8. The summed E-state index contributed by atoms with van der Waals surface area (Å²) in [7, 11) is 0. The van der Waals surface area contributed by atoms with Gasteiger partial charge in [0.15, 0.2) is 0 Å². The maximum atomic E-state index is 11.8. The number of aryl methyl sites for hydroxylation is 1. The van der Waals surface area contributed by atoms with Crippen molar-refractivity contribution in [1.29, 1.82) is 0 Å². The first-order chi connectivity index (χ1) is 8.65. The Morgan fingerprint density at radius 3 is 2.72 bits per heavy atom. The van der Waals surface area contributed by atoms with Crippen LogP contribution in [-0.2, 0) is 11.2 Å². The number of rotatable bonds is 3. The molecule has 0 radical (unpaired) electrons. The summed E-state index contributed by atoms with van der Waals surface area (Å²) in [6.45, 7) is 1.88. The minimum Gasteiger partial charge on any atom is -0.397 e. The molecule has 0 aliphatic rings. The zero-order valence-corrected chi connectivity index (χ0v) is 10.2. The van der Waals surface area contributed by atoms with Crippen molar-refractivity contribution in [3.05, 3.63) is 53.7 Å². The van der Waals surface area contributed by atoms with E-state index in [4.69, 9.17) is 5.73 Å². The Labute approximate surface area is 106 Å². The highest BCUT2D eigenvalue weighted by atomic mass is 16.1. The third-order valence-corrected chi connectivity index (χ3v) is 2.63. The lowest BCUT2D eigenvalue weighted by Gasteiger charge is -2.06. The minimum atomic E-state index is -0.0853. The molecule has 1 amide bonds. The van der Waals surface area contributed by atoms with Crippen molar-refractivity contribution in [3.8, 4) is 0 Å². The van der Waals surface area contributed by atoms with Crippen LogP contribution in [0.3, 0.4) is 0 Å². The number of hydrogen-bond donors (Lipinski definition) is 2. The summed E-state index contributed by atoms with van der Waals surface area (Å²) in [6.07, 6.45) is 1.89. The number of aromatic nitrogens is 1. The zero-order chi connectivity index (χ0) is 13.0. The third kappa shape index (κ3) is 3.07. The Morgan fingerprint density at radius 2 is 2.06 bits per heavy atom. The highest BCUT2D eigenvalue weighted by Gasteiger charge is 2.05. The van der Waals surface area contributed by atoms with Crippen LogP contribution >= 0.6 is 0 Å². The van der Waals surface area contributed by atoms with Gasteiger partial charge in [0.25, 0.3) is 0 Å². The second kappa shape index (κ2) is 5.31. The van der Waals surface area contributed by atoms with E-state index in [0.29, 0.717) is 17.9 Å². The fraction of sp³-hybridized carbons (Fsp3) is 0.143. The summed E-state index contributed by atoms with van der Waals surface area (Å²) in [5, 5.41) is 2.75. The summed E-state index contributed by atoms with van der Waals surface area (Å²) in [5.74, 6) is 0.445. The van der Waals surface area contributed by atoms with Gasteiger partial charge in [0, 0.05) is 0 Å². The van der Waals surface area contributed by atoms with Gasteiger partial charge < -0.3 is 11.1 Å². The van der Waals surface area contributed by atoms with Crippen molar-refractivity contribution in [3.63, 3.8) is 0 Å². The van der Waals surface area contributed by atoms with Crippen molar-refractivity contribution in [2.45, 2.75) is 13.3 Å². The molecule has 0 aliphatic carbocycles. The molecule has 18 heavy (non-hydrogen) atoms. The fourth-order valence-corrected chi connectivity index (χ4v) is 1.60. The molecular formula is C14H15N3O. The number of carbonyl (C=O) groups is 1. The Hall–Kier alpha value is -2.36. The van der Waals surface area contributed by atoms with Crippen molar-refractivity contribution in [2.24, 2.45) is 0 Å². The lowest BCUT2D eigenvalue weighted by molar-refractivity contribution is -0.115. The van der Waals surface area contributed by atoms with Crippen LogP contribution in [0.15, 0.2) is 42.6 Å². The molecule has 4 nitrogen and oxygen atoms in total. The Kier molecular flexibility index (Phi) is 3.57. The number of nitrogens with one attached hydrogen (secondary N) is 1. The van der Waals surface area contributed by atoms with E-state index in [1.807, 2.05) is 37.3 Å². The van der Waals surface area contributed by atoms with E-state index in [1.165, 1.54) is 0 Å². The number of benzene rings is 1. The predicted molar refractivity (Wildman–Crippen MR) is 72.2 cm³/mol. The van der Waals surface area contributed by atoms with E-state index in [2.05, 4.69) is 10.3 Å². The molecule has 4 heteroatoms. The molecule has 0 atom stereocenters. The molecule has 0 unspecified atom stereocenters. The van der Waals surface area contributed by atoms with Crippen LogP contribution in [0.2, 0.25) is 0 Å². The van der Waals surface area contributed by atoms with Crippen LogP contribution in [0.25, 0.3) is 0 Å². The average molecular weight is 241 g/mol. The van der Waals surface area contributed by atoms with Crippen LogP contribution in [0, 0.1) is 6.92 Å². The SMILES string of the molecule is Cc1cc(NC(=O)Cc2ccccc2)ncc1N. The number of carbonyl (C=O) groups excluding carboxylic acids is 1. The van der Waals surface area contributed by atoms with Gasteiger partial charge in [-0.25, -0.2) is 4.98 Å². The molecule has 2 rings (SSSR count). The summed E-state index contributed by atoms with van der Waals surface area (Å²) in [5.41, 5.74) is 8.17. The molecule has 2 aromatic rings. The highest BCUT2D eigenvalue weighted by molar-refractivity contribution is 5.91. The molecule has 0 saturated heterocycles. The van der Waals surface area contributed by atoms with E-state index >= 15 is 0 Å². The lowest BCUT2D eigenvalue weighted by Crippen LogP contribution is -2.15. The molecule has 92 valence electrons. The summed E-state index contributed by atoms with van der Waals surface area (Å²) in [6, 6.07) is 11.3. The van der Waals surface area contributed by atoms with Crippen LogP contribution in [-0.4, -0.2) is 10.9 Å². The van der Waals surface area contributed by atoms with Crippen molar-refractivity contribution < 1.29 is 4.79 Å². The number of nitrogen functional groups attached to an aromatic ring is 1. The van der Waals surface area contributed by atoms with E-state index in [0.717, 1.165) is 11.1 Å². The van der Waals surface area contributed by atoms with E-state index in [1.54, 1.807) is 12.3 Å². The van der Waals surface area contributed by atoms with Crippen molar-refractivity contribution in [1.82, 2.24) is 4.98 Å². The van der Waals surface area contributed by atoms with Crippen LogP contribution in [0.5, 0.6) is 0 Å². The number of pyridine rings is 1. The number of nitrogens with two attached hydrogens (primary N) is 1. The van der Waals surface area contributed by atoms with Crippen molar-refractivity contribution >= 4 is 17.4 Å². The zero-order valence-electron chi connectivity index (χ0n) is 10.2. The van der Waals surface area contributed by atoms with Crippen LogP contribution in [0.1, 0.15) is 11.1 Å². The number of hydrogen-bond acceptors (Lipinski definition) is 3. The topological polar surface area (TPSA) is 68.0 Å².